The molecule has 110 valence electrons. The molecule has 21 heavy (non-hydrogen) atoms. The summed E-state index contributed by atoms with van der Waals surface area (Å²) in [6.45, 7) is 0.740. The number of esters is 1. The van der Waals surface area contributed by atoms with Crippen LogP contribution >= 0.6 is 0 Å². The van der Waals surface area contributed by atoms with Gasteiger partial charge in [0.05, 0.1) is 7.11 Å². The van der Waals surface area contributed by atoms with E-state index in [1.54, 1.807) is 6.07 Å². The number of nitrogens with one attached hydrogen (secondary N) is 2. The zero-order chi connectivity index (χ0) is 14.7. The molecule has 0 amide bonds. The van der Waals surface area contributed by atoms with Crippen molar-refractivity contribution < 1.29 is 9.53 Å². The zero-order valence-corrected chi connectivity index (χ0v) is 12.2. The zero-order valence-electron chi connectivity index (χ0n) is 12.2. The Labute approximate surface area is 124 Å². The number of rotatable bonds is 4. The largest absolute Gasteiger partial charge is 0.464 e. The van der Waals surface area contributed by atoms with Crippen LogP contribution in [0.15, 0.2) is 36.4 Å². The number of fused-ring (bicyclic) bond motifs is 1. The Bertz CT molecular complexity index is 633. The van der Waals surface area contributed by atoms with Crippen LogP contribution in [-0.2, 0) is 24.1 Å². The molecule has 1 heterocycles. The van der Waals surface area contributed by atoms with Crippen molar-refractivity contribution in [3.8, 4) is 0 Å². The van der Waals surface area contributed by atoms with Crippen LogP contribution in [0.4, 0.5) is 0 Å². The maximum atomic E-state index is 11.4. The Kier molecular flexibility index (Phi) is 4.06. The molecule has 3 rings (SSSR count). The molecule has 4 nitrogen and oxygen atoms in total. The third kappa shape index (κ3) is 3.16. The number of benzene rings is 1. The maximum Gasteiger partial charge on any atom is 0.354 e. The van der Waals surface area contributed by atoms with E-state index in [1.165, 1.54) is 18.2 Å². The summed E-state index contributed by atoms with van der Waals surface area (Å²) in [4.78, 5) is 14.5. The minimum Gasteiger partial charge on any atom is -0.464 e. The van der Waals surface area contributed by atoms with Crippen molar-refractivity contribution in [1.29, 1.82) is 0 Å². The van der Waals surface area contributed by atoms with E-state index in [0.717, 1.165) is 31.5 Å². The number of aromatic nitrogens is 1. The molecular formula is C17H20N2O2. The molecule has 0 aliphatic heterocycles. The highest BCUT2D eigenvalue weighted by molar-refractivity contribution is 5.87. The number of hydrogen-bond acceptors (Lipinski definition) is 3. The molecule has 1 unspecified atom stereocenters. The summed E-state index contributed by atoms with van der Waals surface area (Å²) in [5, 5.41) is 3.57. The lowest BCUT2D eigenvalue weighted by Crippen LogP contribution is -2.34. The van der Waals surface area contributed by atoms with Gasteiger partial charge >= 0.3 is 5.97 Å². The number of methoxy groups -OCH3 is 1. The van der Waals surface area contributed by atoms with Crippen LogP contribution in [0, 0.1) is 0 Å². The van der Waals surface area contributed by atoms with Crippen LogP contribution in [0.1, 0.15) is 33.7 Å². The molecule has 1 aliphatic carbocycles. The third-order valence-corrected chi connectivity index (χ3v) is 4.08. The lowest BCUT2D eigenvalue weighted by Gasteiger charge is -2.25. The van der Waals surface area contributed by atoms with Crippen molar-refractivity contribution in [1.82, 2.24) is 10.3 Å². The van der Waals surface area contributed by atoms with Gasteiger partial charge in [0.15, 0.2) is 0 Å². The highest BCUT2D eigenvalue weighted by Gasteiger charge is 2.17. The summed E-state index contributed by atoms with van der Waals surface area (Å²) in [6, 6.07) is 12.8. The number of carbonyl (C=O) groups excluding carboxylic acids is 1. The molecule has 1 aromatic heterocycles. The summed E-state index contributed by atoms with van der Waals surface area (Å²) >= 11 is 0. The van der Waals surface area contributed by atoms with Gasteiger partial charge in [-0.05, 0) is 42.5 Å². The summed E-state index contributed by atoms with van der Waals surface area (Å²) in [5.41, 5.74) is 4.43. The molecule has 0 saturated heterocycles. The summed E-state index contributed by atoms with van der Waals surface area (Å²) in [6.07, 6.45) is 3.36. The van der Waals surface area contributed by atoms with Crippen molar-refractivity contribution in [2.45, 2.75) is 31.8 Å². The van der Waals surface area contributed by atoms with Gasteiger partial charge < -0.3 is 15.0 Å². The number of carbonyl (C=O) groups is 1. The van der Waals surface area contributed by atoms with Crippen molar-refractivity contribution in [3.05, 3.63) is 58.9 Å². The minimum atomic E-state index is -0.326. The Balaban J connectivity index is 1.57. The fourth-order valence-electron chi connectivity index (χ4n) is 2.90. The number of aryl methyl sites for hydroxylation is 1. The molecule has 1 aliphatic rings. The third-order valence-electron chi connectivity index (χ3n) is 4.08. The van der Waals surface area contributed by atoms with Crippen LogP contribution in [0.3, 0.4) is 0 Å². The van der Waals surface area contributed by atoms with Crippen molar-refractivity contribution in [2.75, 3.05) is 7.11 Å². The van der Waals surface area contributed by atoms with Gasteiger partial charge in [-0.25, -0.2) is 4.79 Å². The van der Waals surface area contributed by atoms with E-state index in [2.05, 4.69) is 34.6 Å². The smallest absolute Gasteiger partial charge is 0.354 e. The molecular weight excluding hydrogens is 264 g/mol. The predicted octanol–water partition coefficient (Wildman–Crippen LogP) is 2.45. The van der Waals surface area contributed by atoms with E-state index in [1.807, 2.05) is 6.07 Å². The van der Waals surface area contributed by atoms with Crippen molar-refractivity contribution >= 4 is 5.97 Å². The quantitative estimate of drug-likeness (QED) is 0.848. The van der Waals surface area contributed by atoms with Gasteiger partial charge in [0, 0.05) is 18.3 Å². The molecule has 1 atom stereocenters. The molecule has 0 radical (unpaired) electrons. The lowest BCUT2D eigenvalue weighted by molar-refractivity contribution is 0.0594. The SMILES string of the molecule is COC(=O)c1ccc(CNC2CCc3ccccc3C2)[nH]1. The monoisotopic (exact) mass is 284 g/mol. The van der Waals surface area contributed by atoms with E-state index >= 15 is 0 Å². The lowest BCUT2D eigenvalue weighted by atomic mass is 9.88. The van der Waals surface area contributed by atoms with E-state index in [0.29, 0.717) is 11.7 Å². The molecule has 0 saturated carbocycles. The fourth-order valence-corrected chi connectivity index (χ4v) is 2.90. The summed E-state index contributed by atoms with van der Waals surface area (Å²) in [7, 11) is 1.39. The first kappa shape index (κ1) is 13.9. The highest BCUT2D eigenvalue weighted by Crippen LogP contribution is 2.21. The van der Waals surface area contributed by atoms with Crippen LogP contribution in [0.2, 0.25) is 0 Å². The normalized spacial score (nSPS) is 17.3. The van der Waals surface area contributed by atoms with E-state index in [9.17, 15) is 4.79 Å². The first-order valence-electron chi connectivity index (χ1n) is 7.32. The summed E-state index contributed by atoms with van der Waals surface area (Å²) < 4.78 is 4.69. The van der Waals surface area contributed by atoms with Crippen LogP contribution in [-0.4, -0.2) is 24.1 Å². The second kappa shape index (κ2) is 6.14. The summed E-state index contributed by atoms with van der Waals surface area (Å²) in [5.74, 6) is -0.326. The first-order valence-corrected chi connectivity index (χ1v) is 7.32. The minimum absolute atomic E-state index is 0.326. The average molecular weight is 284 g/mol. The van der Waals surface area contributed by atoms with Gasteiger partial charge in [0.1, 0.15) is 5.69 Å². The number of H-pyrrole nitrogens is 1. The Morgan fingerprint density at radius 3 is 2.90 bits per heavy atom. The predicted molar refractivity (Wildman–Crippen MR) is 81.2 cm³/mol. The van der Waals surface area contributed by atoms with Gasteiger partial charge in [-0.1, -0.05) is 24.3 Å². The van der Waals surface area contributed by atoms with Gasteiger partial charge in [0.2, 0.25) is 0 Å². The molecule has 2 N–H and O–H groups in total. The second-order valence-electron chi connectivity index (χ2n) is 5.48. The molecule has 0 fully saturated rings. The Morgan fingerprint density at radius 1 is 1.29 bits per heavy atom. The maximum absolute atomic E-state index is 11.4. The van der Waals surface area contributed by atoms with Crippen LogP contribution in [0.25, 0.3) is 0 Å². The first-order chi connectivity index (χ1) is 10.3. The standard InChI is InChI=1S/C17H20N2O2/c1-21-17(20)16-9-8-15(19-16)11-18-14-7-6-12-4-2-3-5-13(12)10-14/h2-5,8-9,14,18-19H,6-7,10-11H2,1H3. The van der Waals surface area contributed by atoms with Gasteiger partial charge in [-0.2, -0.15) is 0 Å². The molecule has 4 heteroatoms. The molecule has 0 spiro atoms. The van der Waals surface area contributed by atoms with Crippen LogP contribution in [0.5, 0.6) is 0 Å². The Morgan fingerprint density at radius 2 is 2.10 bits per heavy atom. The number of hydrogen-bond donors (Lipinski definition) is 2. The second-order valence-corrected chi connectivity index (χ2v) is 5.48. The topological polar surface area (TPSA) is 54.1 Å². The van der Waals surface area contributed by atoms with Gasteiger partial charge in [0.25, 0.3) is 0 Å². The fraction of sp³-hybridized carbons (Fsp3) is 0.353. The van der Waals surface area contributed by atoms with E-state index < -0.39 is 0 Å². The van der Waals surface area contributed by atoms with Crippen LogP contribution < -0.4 is 5.32 Å². The van der Waals surface area contributed by atoms with Gasteiger partial charge in [-0.15, -0.1) is 0 Å². The van der Waals surface area contributed by atoms with Crippen molar-refractivity contribution in [2.24, 2.45) is 0 Å². The van der Waals surface area contributed by atoms with Crippen molar-refractivity contribution in [3.63, 3.8) is 0 Å². The number of aromatic amines is 1. The Hall–Kier alpha value is -2.07. The van der Waals surface area contributed by atoms with E-state index in [4.69, 9.17) is 4.74 Å². The van der Waals surface area contributed by atoms with Gasteiger partial charge in [-0.3, -0.25) is 0 Å². The molecule has 2 aromatic rings. The number of ether oxygens (including phenoxy) is 1. The molecule has 1 aromatic carbocycles. The highest BCUT2D eigenvalue weighted by atomic mass is 16.5. The molecule has 0 bridgehead atoms. The average Bonchev–Trinajstić information content (AvgIpc) is 3.01. The van der Waals surface area contributed by atoms with E-state index in [-0.39, 0.29) is 5.97 Å².